The van der Waals surface area contributed by atoms with Gasteiger partial charge in [0.2, 0.25) is 0 Å². The monoisotopic (exact) mass is 366 g/mol. The molecule has 0 spiro atoms. The number of carboxylic acid groups (broad SMARTS) is 1. The number of sulfone groups is 1. The van der Waals surface area contributed by atoms with Crippen molar-refractivity contribution in [2.24, 2.45) is 0 Å². The van der Waals surface area contributed by atoms with Crippen LogP contribution in [0.15, 0.2) is 29.2 Å². The van der Waals surface area contributed by atoms with Gasteiger partial charge in [0.05, 0.1) is 15.2 Å². The molecule has 2 atom stereocenters. The highest BCUT2D eigenvalue weighted by Crippen LogP contribution is 2.41. The molecular weight excluding hydrogens is 349 g/mol. The lowest BCUT2D eigenvalue weighted by molar-refractivity contribution is -0.154. The highest BCUT2D eigenvalue weighted by Gasteiger charge is 2.49. The van der Waals surface area contributed by atoms with E-state index in [1.165, 1.54) is 0 Å². The lowest BCUT2D eigenvalue weighted by Gasteiger charge is -2.38. The van der Waals surface area contributed by atoms with Crippen LogP contribution in [0.5, 0.6) is 0 Å². The van der Waals surface area contributed by atoms with E-state index in [2.05, 4.69) is 0 Å². The summed E-state index contributed by atoms with van der Waals surface area (Å²) in [5.41, 5.74) is -1.06. The Hall–Kier alpha value is -1.61. The van der Waals surface area contributed by atoms with E-state index in [0.717, 1.165) is 18.2 Å². The van der Waals surface area contributed by atoms with Gasteiger partial charge in [-0.3, -0.25) is 0 Å². The van der Waals surface area contributed by atoms with Gasteiger partial charge in [-0.1, -0.05) is 13.0 Å². The lowest BCUT2D eigenvalue weighted by atomic mass is 9.92. The Morgan fingerprint density at radius 3 is 2.62 bits per heavy atom. The van der Waals surface area contributed by atoms with E-state index in [9.17, 15) is 26.4 Å². The van der Waals surface area contributed by atoms with Crippen molar-refractivity contribution in [2.45, 2.75) is 48.1 Å². The third-order valence-electron chi connectivity index (χ3n) is 4.40. The van der Waals surface area contributed by atoms with E-state index in [1.54, 1.807) is 6.92 Å². The summed E-state index contributed by atoms with van der Waals surface area (Å²) >= 11 is 0. The smallest absolute Gasteiger partial charge is 0.416 e. The number of benzene rings is 1. The molecule has 1 heterocycles. The number of carbonyl (C=O) groups is 1. The summed E-state index contributed by atoms with van der Waals surface area (Å²) < 4.78 is 68.1. The number of ether oxygens (including phenoxy) is 1. The Kier molecular flexibility index (Phi) is 4.96. The summed E-state index contributed by atoms with van der Waals surface area (Å²) in [4.78, 5) is 10.7. The van der Waals surface area contributed by atoms with E-state index >= 15 is 0 Å². The van der Waals surface area contributed by atoms with Crippen molar-refractivity contribution in [3.8, 4) is 0 Å². The Labute approximate surface area is 137 Å². The third kappa shape index (κ3) is 3.27. The highest BCUT2D eigenvalue weighted by molar-refractivity contribution is 7.92. The number of halogens is 3. The zero-order chi connectivity index (χ0) is 18.2. The molecule has 0 saturated carbocycles. The van der Waals surface area contributed by atoms with Crippen LogP contribution in [0.4, 0.5) is 13.2 Å². The summed E-state index contributed by atoms with van der Waals surface area (Å²) in [5.74, 6) is -1.29. The molecule has 1 aliphatic rings. The van der Waals surface area contributed by atoms with Gasteiger partial charge >= 0.3 is 12.1 Å². The molecule has 0 amide bonds. The topological polar surface area (TPSA) is 80.7 Å². The van der Waals surface area contributed by atoms with E-state index < -0.39 is 43.3 Å². The van der Waals surface area contributed by atoms with Crippen LogP contribution in [-0.4, -0.2) is 37.0 Å². The highest BCUT2D eigenvalue weighted by atomic mass is 32.2. The van der Waals surface area contributed by atoms with Gasteiger partial charge in [0, 0.05) is 13.0 Å². The average Bonchev–Trinajstić information content (AvgIpc) is 2.54. The summed E-state index contributed by atoms with van der Waals surface area (Å²) in [5, 5.41) is 9.08. The molecule has 0 aromatic heterocycles. The number of hydrogen-bond acceptors (Lipinski definition) is 4. The summed E-state index contributed by atoms with van der Waals surface area (Å²) in [6, 6.07) is 3.53. The molecule has 1 saturated heterocycles. The van der Waals surface area contributed by atoms with Gasteiger partial charge in [0.1, 0.15) is 0 Å². The summed E-state index contributed by atoms with van der Waals surface area (Å²) in [7, 11) is -4.17. The zero-order valence-corrected chi connectivity index (χ0v) is 13.7. The van der Waals surface area contributed by atoms with Crippen LogP contribution in [0.3, 0.4) is 0 Å². The average molecular weight is 366 g/mol. The maximum atomic E-state index is 13.0. The fourth-order valence-electron chi connectivity index (χ4n) is 2.89. The molecule has 9 heteroatoms. The van der Waals surface area contributed by atoms with E-state index in [4.69, 9.17) is 9.84 Å². The van der Waals surface area contributed by atoms with E-state index in [1.807, 2.05) is 0 Å². The van der Waals surface area contributed by atoms with Crippen molar-refractivity contribution in [3.63, 3.8) is 0 Å². The first-order chi connectivity index (χ1) is 11.0. The second-order valence-corrected chi connectivity index (χ2v) is 8.06. The minimum Gasteiger partial charge on any atom is -0.479 e. The van der Waals surface area contributed by atoms with E-state index in [-0.39, 0.29) is 25.9 Å². The number of aliphatic carboxylic acids is 1. The molecule has 0 bridgehead atoms. The van der Waals surface area contributed by atoms with Crippen LogP contribution >= 0.6 is 0 Å². The molecule has 1 aliphatic heterocycles. The number of carboxylic acids is 1. The largest absolute Gasteiger partial charge is 0.479 e. The van der Waals surface area contributed by atoms with Crippen LogP contribution < -0.4 is 0 Å². The van der Waals surface area contributed by atoms with Crippen LogP contribution in [0.25, 0.3) is 0 Å². The maximum absolute atomic E-state index is 13.0. The number of alkyl halides is 3. The molecule has 0 radical (unpaired) electrons. The van der Waals surface area contributed by atoms with Crippen molar-refractivity contribution in [2.75, 3.05) is 6.61 Å². The lowest BCUT2D eigenvalue weighted by Crippen LogP contribution is -2.48. The van der Waals surface area contributed by atoms with Crippen LogP contribution in [0.2, 0.25) is 0 Å². The molecule has 1 aromatic rings. The Morgan fingerprint density at radius 1 is 1.42 bits per heavy atom. The number of hydrogen-bond donors (Lipinski definition) is 1. The third-order valence-corrected chi connectivity index (χ3v) is 7.07. The van der Waals surface area contributed by atoms with Crippen molar-refractivity contribution in [1.82, 2.24) is 0 Å². The van der Waals surface area contributed by atoms with Gasteiger partial charge in [-0.2, -0.15) is 13.2 Å². The number of rotatable bonds is 4. The molecule has 5 nitrogen and oxygen atoms in total. The van der Waals surface area contributed by atoms with Crippen LogP contribution in [0, 0.1) is 0 Å². The van der Waals surface area contributed by atoms with Gasteiger partial charge in [-0.15, -0.1) is 0 Å². The predicted octanol–water partition coefficient (Wildman–Crippen LogP) is 2.89. The van der Waals surface area contributed by atoms with Crippen molar-refractivity contribution in [1.29, 1.82) is 0 Å². The first-order valence-corrected chi connectivity index (χ1v) is 8.78. The summed E-state index contributed by atoms with van der Waals surface area (Å²) in [6.45, 7) is 1.50. The standard InChI is InChI=1S/C15H17F3O5S/c1-2-14(6-7-23-12(9-14)13(19)20)24(21,22)11-5-3-4-10(8-11)15(16,17)18/h3-5,8,12H,2,6-7,9H2,1H3,(H,19,20)/t12?,14-/m1/s1. The maximum Gasteiger partial charge on any atom is 0.416 e. The van der Waals surface area contributed by atoms with Crippen LogP contribution in [-0.2, 0) is 25.5 Å². The zero-order valence-electron chi connectivity index (χ0n) is 12.8. The summed E-state index contributed by atoms with van der Waals surface area (Å²) in [6.07, 6.45) is -6.13. The van der Waals surface area contributed by atoms with Crippen molar-refractivity contribution < 1.29 is 36.2 Å². The quantitative estimate of drug-likeness (QED) is 0.886. The molecule has 1 N–H and O–H groups in total. The van der Waals surface area contributed by atoms with Crippen molar-refractivity contribution >= 4 is 15.8 Å². The van der Waals surface area contributed by atoms with Gasteiger partial charge < -0.3 is 9.84 Å². The van der Waals surface area contributed by atoms with Gasteiger partial charge in [0.25, 0.3) is 0 Å². The molecule has 24 heavy (non-hydrogen) atoms. The molecule has 1 fully saturated rings. The molecule has 1 aromatic carbocycles. The first kappa shape index (κ1) is 18.7. The van der Waals surface area contributed by atoms with E-state index in [0.29, 0.717) is 6.07 Å². The minimum absolute atomic E-state index is 0.0336. The normalized spacial score (nSPS) is 25.4. The van der Waals surface area contributed by atoms with Gasteiger partial charge in [-0.25, -0.2) is 13.2 Å². The molecule has 134 valence electrons. The Balaban J connectivity index is 2.49. The van der Waals surface area contributed by atoms with Crippen molar-refractivity contribution in [3.05, 3.63) is 29.8 Å². The van der Waals surface area contributed by atoms with Gasteiger partial charge in [0.15, 0.2) is 15.9 Å². The molecular formula is C15H17F3O5S. The SMILES string of the molecule is CC[C@@]1(S(=O)(=O)c2cccc(C(F)(F)F)c2)CCOC(C(=O)O)C1. The molecule has 2 rings (SSSR count). The predicted molar refractivity (Wildman–Crippen MR) is 78.3 cm³/mol. The van der Waals surface area contributed by atoms with Crippen LogP contribution in [0.1, 0.15) is 31.7 Å². The second-order valence-electron chi connectivity index (χ2n) is 5.72. The first-order valence-electron chi connectivity index (χ1n) is 7.30. The fraction of sp³-hybridized carbons (Fsp3) is 0.533. The molecule has 0 aliphatic carbocycles. The van der Waals surface area contributed by atoms with Gasteiger partial charge in [-0.05, 0) is 31.0 Å². The second kappa shape index (κ2) is 6.36. The minimum atomic E-state index is -4.66. The Bertz CT molecular complexity index is 729. The fourth-order valence-corrected chi connectivity index (χ4v) is 5.03. The molecule has 1 unspecified atom stereocenters. The Morgan fingerprint density at radius 2 is 2.08 bits per heavy atom.